The Hall–Kier alpha value is -3.09. The minimum atomic E-state index is -0.833. The lowest BCUT2D eigenvalue weighted by atomic mass is 10.0. The molecule has 0 saturated carbocycles. The molecule has 160 valence electrons. The SMILES string of the molecule is CCCCCCCC1Cn2cc(C(=O)NCc3ccccc3)c(=O)c(O)c2C(=O)N1. The number of nitrogens with zero attached hydrogens (tertiary/aromatic N) is 1. The van der Waals surface area contributed by atoms with Crippen LogP contribution in [0.5, 0.6) is 5.75 Å². The molecule has 30 heavy (non-hydrogen) atoms. The molecule has 1 aromatic carbocycles. The molecule has 3 rings (SSSR count). The summed E-state index contributed by atoms with van der Waals surface area (Å²) in [5.74, 6) is -1.73. The predicted octanol–water partition coefficient (Wildman–Crippen LogP) is 2.96. The maximum absolute atomic E-state index is 12.6. The summed E-state index contributed by atoms with van der Waals surface area (Å²) in [5, 5.41) is 15.9. The van der Waals surface area contributed by atoms with E-state index in [4.69, 9.17) is 0 Å². The van der Waals surface area contributed by atoms with E-state index in [2.05, 4.69) is 17.6 Å². The molecule has 2 heterocycles. The summed E-state index contributed by atoms with van der Waals surface area (Å²) < 4.78 is 1.53. The summed E-state index contributed by atoms with van der Waals surface area (Å²) in [6.07, 6.45) is 7.86. The molecular weight excluding hydrogens is 382 g/mol. The standard InChI is InChI=1S/C23H29N3O4/c1-2-3-4-5-9-12-17-14-26-15-18(20(27)21(28)19(26)23(30)25-17)22(29)24-13-16-10-7-6-8-11-16/h6-8,10-11,15,17,28H,2-5,9,12-14H2,1H3,(H,24,29)(H,25,30). The molecule has 2 aromatic rings. The first kappa shape index (κ1) is 21.6. The number of carbonyl (C=O) groups excluding carboxylic acids is 2. The van der Waals surface area contributed by atoms with Gasteiger partial charge in [-0.05, 0) is 12.0 Å². The summed E-state index contributed by atoms with van der Waals surface area (Å²) in [6, 6.07) is 9.25. The van der Waals surface area contributed by atoms with E-state index in [1.807, 2.05) is 30.3 Å². The quantitative estimate of drug-likeness (QED) is 0.552. The molecule has 0 bridgehead atoms. The predicted molar refractivity (Wildman–Crippen MR) is 115 cm³/mol. The van der Waals surface area contributed by atoms with Crippen LogP contribution in [0.4, 0.5) is 0 Å². The van der Waals surface area contributed by atoms with Crippen LogP contribution in [0.15, 0.2) is 41.3 Å². The second-order valence-electron chi connectivity index (χ2n) is 7.76. The average molecular weight is 412 g/mol. The van der Waals surface area contributed by atoms with Gasteiger partial charge in [-0.15, -0.1) is 0 Å². The Morgan fingerprint density at radius 1 is 1.17 bits per heavy atom. The zero-order chi connectivity index (χ0) is 21.5. The van der Waals surface area contributed by atoms with Crippen molar-refractivity contribution in [3.63, 3.8) is 0 Å². The van der Waals surface area contributed by atoms with Gasteiger partial charge in [-0.1, -0.05) is 69.4 Å². The largest absolute Gasteiger partial charge is 0.503 e. The van der Waals surface area contributed by atoms with Crippen molar-refractivity contribution in [3.8, 4) is 5.75 Å². The van der Waals surface area contributed by atoms with Gasteiger partial charge < -0.3 is 20.3 Å². The van der Waals surface area contributed by atoms with Crippen molar-refractivity contribution >= 4 is 11.8 Å². The van der Waals surface area contributed by atoms with Crippen molar-refractivity contribution in [2.45, 2.75) is 64.6 Å². The van der Waals surface area contributed by atoms with E-state index >= 15 is 0 Å². The zero-order valence-corrected chi connectivity index (χ0v) is 17.3. The highest BCUT2D eigenvalue weighted by molar-refractivity contribution is 5.99. The van der Waals surface area contributed by atoms with Crippen LogP contribution in [0.3, 0.4) is 0 Å². The minimum Gasteiger partial charge on any atom is -0.503 e. The van der Waals surface area contributed by atoms with E-state index in [1.54, 1.807) is 0 Å². The van der Waals surface area contributed by atoms with Crippen LogP contribution in [0.2, 0.25) is 0 Å². The topological polar surface area (TPSA) is 100 Å². The molecule has 2 amide bonds. The van der Waals surface area contributed by atoms with Crippen molar-refractivity contribution in [1.82, 2.24) is 15.2 Å². The van der Waals surface area contributed by atoms with E-state index in [9.17, 15) is 19.5 Å². The lowest BCUT2D eigenvalue weighted by molar-refractivity contribution is 0.0884. The van der Waals surface area contributed by atoms with E-state index in [0.717, 1.165) is 24.8 Å². The summed E-state index contributed by atoms with van der Waals surface area (Å²) in [7, 11) is 0. The molecule has 3 N–H and O–H groups in total. The monoisotopic (exact) mass is 411 g/mol. The van der Waals surface area contributed by atoms with Crippen molar-refractivity contribution in [2.24, 2.45) is 0 Å². The Balaban J connectivity index is 1.72. The van der Waals surface area contributed by atoms with Gasteiger partial charge in [-0.25, -0.2) is 0 Å². The molecule has 1 atom stereocenters. The number of unbranched alkanes of at least 4 members (excludes halogenated alkanes) is 4. The molecular formula is C23H29N3O4. The van der Waals surface area contributed by atoms with Gasteiger partial charge >= 0.3 is 0 Å². The Kier molecular flexibility index (Phi) is 7.27. The summed E-state index contributed by atoms with van der Waals surface area (Å²) in [5.41, 5.74) is -0.180. The molecule has 0 aliphatic carbocycles. The van der Waals surface area contributed by atoms with Crippen molar-refractivity contribution in [1.29, 1.82) is 0 Å². The fourth-order valence-electron chi connectivity index (χ4n) is 3.76. The number of amides is 2. The minimum absolute atomic E-state index is 0.0816. The van der Waals surface area contributed by atoms with Gasteiger partial charge in [0.2, 0.25) is 5.43 Å². The van der Waals surface area contributed by atoms with Crippen LogP contribution in [-0.2, 0) is 13.1 Å². The highest BCUT2D eigenvalue weighted by Gasteiger charge is 2.30. The van der Waals surface area contributed by atoms with Gasteiger partial charge in [-0.3, -0.25) is 14.4 Å². The number of rotatable bonds is 9. The number of nitrogens with one attached hydrogen (secondary N) is 2. The maximum Gasteiger partial charge on any atom is 0.272 e. The van der Waals surface area contributed by atoms with Gasteiger partial charge in [0.05, 0.1) is 0 Å². The lowest BCUT2D eigenvalue weighted by Crippen LogP contribution is -2.46. The van der Waals surface area contributed by atoms with Crippen LogP contribution < -0.4 is 16.1 Å². The molecule has 0 spiro atoms. The number of hydrogen-bond donors (Lipinski definition) is 3. The van der Waals surface area contributed by atoms with E-state index < -0.39 is 23.0 Å². The highest BCUT2D eigenvalue weighted by atomic mass is 16.3. The average Bonchev–Trinajstić information content (AvgIpc) is 2.74. The van der Waals surface area contributed by atoms with E-state index in [-0.39, 0.29) is 23.8 Å². The van der Waals surface area contributed by atoms with Gasteiger partial charge in [0, 0.05) is 25.3 Å². The zero-order valence-electron chi connectivity index (χ0n) is 17.3. The molecule has 1 aliphatic heterocycles. The number of benzene rings is 1. The Bertz CT molecular complexity index is 953. The smallest absolute Gasteiger partial charge is 0.272 e. The molecule has 0 radical (unpaired) electrons. The van der Waals surface area contributed by atoms with Crippen LogP contribution in [0, 0.1) is 0 Å². The van der Waals surface area contributed by atoms with Crippen LogP contribution in [0.1, 0.15) is 71.9 Å². The number of aromatic hydroxyl groups is 1. The number of fused-ring (bicyclic) bond motifs is 1. The fourth-order valence-corrected chi connectivity index (χ4v) is 3.76. The second-order valence-corrected chi connectivity index (χ2v) is 7.76. The summed E-state index contributed by atoms with van der Waals surface area (Å²) in [6.45, 7) is 2.85. The molecule has 1 aromatic heterocycles. The summed E-state index contributed by atoms with van der Waals surface area (Å²) >= 11 is 0. The van der Waals surface area contributed by atoms with E-state index in [1.165, 1.54) is 30.0 Å². The van der Waals surface area contributed by atoms with Crippen LogP contribution in [0.25, 0.3) is 0 Å². The lowest BCUT2D eigenvalue weighted by Gasteiger charge is -2.28. The van der Waals surface area contributed by atoms with Crippen LogP contribution >= 0.6 is 0 Å². The van der Waals surface area contributed by atoms with Gasteiger partial charge in [0.1, 0.15) is 5.56 Å². The molecule has 1 aliphatic rings. The Morgan fingerprint density at radius 3 is 2.63 bits per heavy atom. The van der Waals surface area contributed by atoms with Crippen molar-refractivity contribution < 1.29 is 14.7 Å². The van der Waals surface area contributed by atoms with Crippen molar-refractivity contribution in [2.75, 3.05) is 0 Å². The third-order valence-corrected chi connectivity index (χ3v) is 5.42. The second kappa shape index (κ2) is 10.1. The Labute approximate surface area is 176 Å². The van der Waals surface area contributed by atoms with E-state index in [0.29, 0.717) is 6.54 Å². The molecule has 1 unspecified atom stereocenters. The van der Waals surface area contributed by atoms with Gasteiger partial charge in [0.15, 0.2) is 11.4 Å². The number of carbonyl (C=O) groups is 2. The first-order valence-electron chi connectivity index (χ1n) is 10.6. The molecule has 0 fully saturated rings. The fraction of sp³-hybridized carbons (Fsp3) is 0.435. The first-order valence-corrected chi connectivity index (χ1v) is 10.6. The molecule has 7 heteroatoms. The number of pyridine rings is 1. The van der Waals surface area contributed by atoms with Crippen molar-refractivity contribution in [3.05, 3.63) is 63.6 Å². The molecule has 7 nitrogen and oxygen atoms in total. The normalized spacial score (nSPS) is 15.4. The van der Waals surface area contributed by atoms with Gasteiger partial charge in [-0.2, -0.15) is 0 Å². The van der Waals surface area contributed by atoms with Crippen LogP contribution in [-0.4, -0.2) is 27.5 Å². The molecule has 0 saturated heterocycles. The highest BCUT2D eigenvalue weighted by Crippen LogP contribution is 2.20. The summed E-state index contributed by atoms with van der Waals surface area (Å²) in [4.78, 5) is 37.5. The third kappa shape index (κ3) is 5.09. The number of hydrogen-bond acceptors (Lipinski definition) is 4. The first-order chi connectivity index (χ1) is 14.5. The number of aromatic nitrogens is 1. The Morgan fingerprint density at radius 2 is 1.90 bits per heavy atom. The van der Waals surface area contributed by atoms with Gasteiger partial charge in [0.25, 0.3) is 11.8 Å². The third-order valence-electron chi connectivity index (χ3n) is 5.42. The maximum atomic E-state index is 12.6.